The van der Waals surface area contributed by atoms with Crippen molar-refractivity contribution in [1.29, 1.82) is 0 Å². The van der Waals surface area contributed by atoms with E-state index in [2.05, 4.69) is 10.3 Å². The molecule has 2 unspecified atom stereocenters. The Labute approximate surface area is 211 Å². The minimum atomic E-state index is -1.50. The first-order valence-electron chi connectivity index (χ1n) is 11.3. The lowest BCUT2D eigenvalue weighted by Crippen LogP contribution is -2.41. The lowest BCUT2D eigenvalue weighted by Gasteiger charge is -2.33. The topological polar surface area (TPSA) is 150 Å². The maximum absolute atomic E-state index is 13.8. The van der Waals surface area contributed by atoms with Crippen LogP contribution in [0.3, 0.4) is 0 Å². The van der Waals surface area contributed by atoms with Crippen molar-refractivity contribution in [2.24, 2.45) is 11.1 Å². The van der Waals surface area contributed by atoms with Gasteiger partial charge in [-0.25, -0.2) is 13.8 Å². The summed E-state index contributed by atoms with van der Waals surface area (Å²) in [6.45, 7) is 4.47. The first kappa shape index (κ1) is 25.7. The van der Waals surface area contributed by atoms with Crippen molar-refractivity contribution in [2.45, 2.75) is 31.7 Å². The minimum absolute atomic E-state index is 0.0889. The first-order chi connectivity index (χ1) is 17.4. The van der Waals surface area contributed by atoms with Gasteiger partial charge in [0.05, 0.1) is 5.54 Å². The number of amides is 1. The number of nitrogen functional groups attached to an aromatic ring is 1. The Morgan fingerprint density at radius 1 is 1.14 bits per heavy atom. The predicted molar refractivity (Wildman–Crippen MR) is 131 cm³/mol. The molecule has 0 radical (unpaired) electrons. The van der Waals surface area contributed by atoms with Crippen LogP contribution in [0.25, 0.3) is 0 Å². The van der Waals surface area contributed by atoms with Crippen LogP contribution in [0, 0.1) is 17.0 Å². The smallest absolute Gasteiger partial charge is 0.319 e. The Morgan fingerprint density at radius 3 is 2.43 bits per heavy atom. The van der Waals surface area contributed by atoms with E-state index in [1.165, 1.54) is 36.4 Å². The number of anilines is 2. The number of hydrogen-bond donors (Lipinski definition) is 4. The zero-order valence-corrected chi connectivity index (χ0v) is 20.1. The molecule has 1 fully saturated rings. The number of nitrogens with zero attached hydrogens (tertiary/aromatic N) is 1. The van der Waals surface area contributed by atoms with Gasteiger partial charge in [-0.1, -0.05) is 12.1 Å². The van der Waals surface area contributed by atoms with Crippen molar-refractivity contribution in [1.82, 2.24) is 4.98 Å². The highest BCUT2D eigenvalue weighted by molar-refractivity contribution is 6.06. The lowest BCUT2D eigenvalue weighted by atomic mass is 9.98. The van der Waals surface area contributed by atoms with E-state index in [1.807, 2.05) is 13.8 Å². The average Bonchev–Trinajstić information content (AvgIpc) is 3.59. The van der Waals surface area contributed by atoms with Gasteiger partial charge in [-0.3, -0.25) is 9.59 Å². The summed E-state index contributed by atoms with van der Waals surface area (Å²) in [5.74, 6) is -1.86. The minimum Gasteiger partial charge on any atom is -0.484 e. The molecule has 194 valence electrons. The summed E-state index contributed by atoms with van der Waals surface area (Å²) in [5, 5.41) is 12.2. The van der Waals surface area contributed by atoms with E-state index in [9.17, 15) is 18.4 Å². The Kier molecular flexibility index (Phi) is 6.64. The number of carboxylic acids is 1. The molecule has 37 heavy (non-hydrogen) atoms. The second kappa shape index (κ2) is 9.57. The van der Waals surface area contributed by atoms with E-state index in [0.717, 1.165) is 0 Å². The quantitative estimate of drug-likeness (QED) is 0.295. The Bertz CT molecular complexity index is 1330. The zero-order chi connectivity index (χ0) is 27.0. The molecule has 1 saturated carbocycles. The molecule has 2 heterocycles. The third-order valence-corrected chi connectivity index (χ3v) is 6.13. The van der Waals surface area contributed by atoms with Crippen molar-refractivity contribution >= 4 is 23.4 Å². The Hall–Kier alpha value is -4.41. The van der Waals surface area contributed by atoms with Gasteiger partial charge in [0.2, 0.25) is 11.7 Å². The molecular formula is C26H26F2N4O5. The highest BCUT2D eigenvalue weighted by Crippen LogP contribution is 2.59. The van der Waals surface area contributed by atoms with Gasteiger partial charge in [0.15, 0.2) is 28.5 Å². The number of pyridine rings is 1. The van der Waals surface area contributed by atoms with Gasteiger partial charge in [-0.15, -0.1) is 0 Å². The molecule has 0 spiro atoms. The maximum atomic E-state index is 13.8. The van der Waals surface area contributed by atoms with Crippen molar-refractivity contribution in [2.75, 3.05) is 17.7 Å². The van der Waals surface area contributed by atoms with Crippen LogP contribution in [0.1, 0.15) is 31.7 Å². The number of carbonyl (C=O) groups excluding carboxylic acids is 1. The zero-order valence-electron chi connectivity index (χ0n) is 20.1. The normalized spacial score (nSPS) is 20.7. The number of fused-ring (bicyclic) bond motifs is 1. The first-order valence-corrected chi connectivity index (χ1v) is 11.3. The van der Waals surface area contributed by atoms with Gasteiger partial charge < -0.3 is 31.4 Å². The molecular weight excluding hydrogens is 486 g/mol. The molecule has 5 rings (SSSR count). The molecule has 2 aliphatic rings. The molecule has 2 atom stereocenters. The van der Waals surface area contributed by atoms with Crippen LogP contribution >= 0.6 is 0 Å². The van der Waals surface area contributed by atoms with E-state index < -0.39 is 34.8 Å². The molecule has 1 aromatic heterocycles. The highest BCUT2D eigenvalue weighted by Gasteiger charge is 2.65. The third kappa shape index (κ3) is 5.25. The van der Waals surface area contributed by atoms with Crippen molar-refractivity contribution in [3.8, 4) is 17.2 Å². The number of benzene rings is 2. The largest absolute Gasteiger partial charge is 0.484 e. The SMILES string of the molecule is CC1(C)COc2c(Oc3ccc(N)cc3F)ccnc2N1.NC(=O)C1(C(=O)O)CC1c1ccc(F)cc1. The highest BCUT2D eigenvalue weighted by atomic mass is 19.1. The average molecular weight is 513 g/mol. The molecule has 1 aliphatic carbocycles. The van der Waals surface area contributed by atoms with Crippen LogP contribution in [0.4, 0.5) is 20.3 Å². The van der Waals surface area contributed by atoms with E-state index >= 15 is 0 Å². The standard InChI is InChI=1S/C15H16FN3O2.C11H10FNO3/c1-15(2)8-20-13-12(5-6-18-14(13)19-15)21-11-4-3-9(17)7-10(11)16;12-7-3-1-6(2-4-7)8-5-11(8,9(13)14)10(15)16/h3-7H,8,17H2,1-2H3,(H,18,19);1-4,8H,5H2,(H2,13,14)(H,15,16). The Morgan fingerprint density at radius 2 is 1.84 bits per heavy atom. The molecule has 6 N–H and O–H groups in total. The van der Waals surface area contributed by atoms with E-state index in [1.54, 1.807) is 18.3 Å². The van der Waals surface area contributed by atoms with Crippen molar-refractivity contribution in [3.63, 3.8) is 0 Å². The van der Waals surface area contributed by atoms with Crippen molar-refractivity contribution in [3.05, 3.63) is 71.9 Å². The van der Waals surface area contributed by atoms with Gasteiger partial charge in [0.25, 0.3) is 0 Å². The summed E-state index contributed by atoms with van der Waals surface area (Å²) in [5.41, 5.74) is 9.87. The van der Waals surface area contributed by atoms with Gasteiger partial charge in [-0.2, -0.15) is 0 Å². The summed E-state index contributed by atoms with van der Waals surface area (Å²) in [6, 6.07) is 11.3. The number of hydrogen-bond acceptors (Lipinski definition) is 7. The van der Waals surface area contributed by atoms with Crippen LogP contribution in [-0.2, 0) is 9.59 Å². The van der Waals surface area contributed by atoms with Crippen LogP contribution in [-0.4, -0.2) is 34.1 Å². The third-order valence-electron chi connectivity index (χ3n) is 6.13. The molecule has 9 nitrogen and oxygen atoms in total. The molecule has 2 aromatic carbocycles. The number of rotatable bonds is 5. The fraction of sp³-hybridized carbons (Fsp3) is 0.269. The second-order valence-electron chi connectivity index (χ2n) is 9.53. The molecule has 1 amide bonds. The van der Waals surface area contributed by atoms with Gasteiger partial charge in [0.1, 0.15) is 12.4 Å². The second-order valence-corrected chi connectivity index (χ2v) is 9.53. The summed E-state index contributed by atoms with van der Waals surface area (Å²) >= 11 is 0. The number of aromatic nitrogens is 1. The van der Waals surface area contributed by atoms with Crippen LogP contribution in [0.15, 0.2) is 54.7 Å². The van der Waals surface area contributed by atoms with E-state index in [4.69, 9.17) is 26.0 Å². The summed E-state index contributed by atoms with van der Waals surface area (Å²) in [7, 11) is 0. The number of carbonyl (C=O) groups is 2. The summed E-state index contributed by atoms with van der Waals surface area (Å²) in [4.78, 5) is 26.4. The van der Waals surface area contributed by atoms with Crippen LogP contribution in [0.2, 0.25) is 0 Å². The number of nitrogens with two attached hydrogens (primary N) is 2. The number of nitrogens with one attached hydrogen (secondary N) is 1. The van der Waals surface area contributed by atoms with Gasteiger partial charge in [0, 0.05) is 29.9 Å². The van der Waals surface area contributed by atoms with E-state index in [-0.39, 0.29) is 17.7 Å². The molecule has 3 aromatic rings. The molecule has 0 saturated heterocycles. The molecule has 11 heteroatoms. The van der Waals surface area contributed by atoms with Crippen LogP contribution < -0.4 is 26.3 Å². The maximum Gasteiger partial charge on any atom is 0.319 e. The van der Waals surface area contributed by atoms with Crippen LogP contribution in [0.5, 0.6) is 17.2 Å². The fourth-order valence-electron chi connectivity index (χ4n) is 4.04. The summed E-state index contributed by atoms with van der Waals surface area (Å²) in [6.07, 6.45) is 1.77. The lowest BCUT2D eigenvalue weighted by molar-refractivity contribution is -0.148. The fourth-order valence-corrected chi connectivity index (χ4v) is 4.04. The van der Waals surface area contributed by atoms with Gasteiger partial charge in [-0.05, 0) is 50.1 Å². The predicted octanol–water partition coefficient (Wildman–Crippen LogP) is 4.05. The number of carboxylic acid groups (broad SMARTS) is 1. The number of primary amides is 1. The summed E-state index contributed by atoms with van der Waals surface area (Å²) < 4.78 is 37.8. The Balaban J connectivity index is 0.000000180. The van der Waals surface area contributed by atoms with Crippen molar-refractivity contribution < 1.29 is 33.0 Å². The number of ether oxygens (including phenoxy) is 2. The van der Waals surface area contributed by atoms with E-state index in [0.29, 0.717) is 35.2 Å². The monoisotopic (exact) mass is 512 g/mol. The number of aliphatic carboxylic acids is 1. The van der Waals surface area contributed by atoms with Gasteiger partial charge >= 0.3 is 5.97 Å². The molecule has 1 aliphatic heterocycles. The number of halogens is 2. The molecule has 0 bridgehead atoms.